The van der Waals surface area contributed by atoms with E-state index in [1.807, 2.05) is 17.4 Å². The molecule has 1 saturated heterocycles. The molecule has 1 heterocycles. The Hall–Kier alpha value is -2.85. The summed E-state index contributed by atoms with van der Waals surface area (Å²) in [5, 5.41) is 1.98. The molecule has 2 aromatic carbocycles. The van der Waals surface area contributed by atoms with Crippen LogP contribution in [0.4, 0.5) is 13.2 Å². The van der Waals surface area contributed by atoms with E-state index in [-0.39, 0.29) is 17.0 Å². The number of carbonyl (C=O) groups is 3. The third kappa shape index (κ3) is 6.38. The Morgan fingerprint density at radius 2 is 1.76 bits per heavy atom. The van der Waals surface area contributed by atoms with Crippen molar-refractivity contribution < 1.29 is 27.6 Å². The van der Waals surface area contributed by atoms with Crippen molar-refractivity contribution in [3.05, 3.63) is 64.7 Å². The van der Waals surface area contributed by atoms with Crippen LogP contribution in [0.5, 0.6) is 0 Å². The third-order valence-corrected chi connectivity index (χ3v) is 6.52. The standard InChI is InChI=1S/C24H26F3N3O3S/c1-34-20-11-18(22(32)29-14-21(31)24(25,26)27)10-19(12-20)23(33)30-7-5-16(6-8-30)17-4-2-3-15(9-17)13-28/h2-4,9-12,16H,5-8,13-14,28H2,1H3,(H,29,32). The first-order chi connectivity index (χ1) is 16.1. The molecule has 0 saturated carbocycles. The minimum Gasteiger partial charge on any atom is -0.345 e. The van der Waals surface area contributed by atoms with Crippen LogP contribution in [-0.2, 0) is 11.3 Å². The fourth-order valence-electron chi connectivity index (χ4n) is 3.91. The van der Waals surface area contributed by atoms with E-state index in [1.165, 1.54) is 29.5 Å². The summed E-state index contributed by atoms with van der Waals surface area (Å²) in [5.74, 6) is -2.81. The molecule has 3 N–H and O–H groups in total. The van der Waals surface area contributed by atoms with Crippen molar-refractivity contribution >= 4 is 29.4 Å². The molecule has 1 fully saturated rings. The molecule has 34 heavy (non-hydrogen) atoms. The smallest absolute Gasteiger partial charge is 0.345 e. The number of thioether (sulfide) groups is 1. The number of ketones is 1. The highest BCUT2D eigenvalue weighted by Gasteiger charge is 2.38. The summed E-state index contributed by atoms with van der Waals surface area (Å²) in [7, 11) is 0. The van der Waals surface area contributed by atoms with Gasteiger partial charge in [0.15, 0.2) is 0 Å². The Balaban J connectivity index is 1.68. The predicted molar refractivity (Wildman–Crippen MR) is 124 cm³/mol. The number of carbonyl (C=O) groups excluding carboxylic acids is 3. The predicted octanol–water partition coefficient (Wildman–Crippen LogP) is 3.75. The largest absolute Gasteiger partial charge is 0.451 e. The second-order valence-corrected chi connectivity index (χ2v) is 8.95. The van der Waals surface area contributed by atoms with Gasteiger partial charge in [0, 0.05) is 35.7 Å². The minimum atomic E-state index is -5.02. The number of hydrogen-bond donors (Lipinski definition) is 2. The maximum Gasteiger partial charge on any atom is 0.451 e. The molecule has 0 radical (unpaired) electrons. The number of benzene rings is 2. The molecule has 0 unspecified atom stereocenters. The summed E-state index contributed by atoms with van der Waals surface area (Å²) in [6.07, 6.45) is -1.68. The third-order valence-electron chi connectivity index (χ3n) is 5.82. The highest BCUT2D eigenvalue weighted by atomic mass is 32.2. The van der Waals surface area contributed by atoms with Crippen LogP contribution < -0.4 is 11.1 Å². The molecule has 2 amide bonds. The summed E-state index contributed by atoms with van der Waals surface area (Å²) in [5.41, 5.74) is 8.30. The number of likely N-dealkylation sites (tertiary alicyclic amines) is 1. The number of nitrogens with one attached hydrogen (secondary N) is 1. The van der Waals surface area contributed by atoms with E-state index >= 15 is 0 Å². The molecule has 3 rings (SSSR count). The minimum absolute atomic E-state index is 0.0265. The van der Waals surface area contributed by atoms with Crippen LogP contribution in [0, 0.1) is 0 Å². The Labute approximate surface area is 200 Å². The Morgan fingerprint density at radius 1 is 1.09 bits per heavy atom. The zero-order chi connectivity index (χ0) is 24.9. The summed E-state index contributed by atoms with van der Waals surface area (Å²) in [6.45, 7) is 0.397. The molecule has 0 spiro atoms. The van der Waals surface area contributed by atoms with Gasteiger partial charge in [-0.25, -0.2) is 0 Å². The van der Waals surface area contributed by atoms with E-state index in [2.05, 4.69) is 12.1 Å². The van der Waals surface area contributed by atoms with Gasteiger partial charge < -0.3 is 16.0 Å². The fourth-order valence-corrected chi connectivity index (χ4v) is 4.40. The number of amides is 2. The van der Waals surface area contributed by atoms with Gasteiger partial charge in [0.1, 0.15) is 0 Å². The number of nitrogens with two attached hydrogens (primary N) is 1. The number of halogens is 3. The number of Topliss-reactive ketones (excluding diaryl/α,β-unsaturated/α-hetero) is 1. The van der Waals surface area contributed by atoms with Gasteiger partial charge in [-0.2, -0.15) is 13.2 Å². The van der Waals surface area contributed by atoms with Gasteiger partial charge in [-0.1, -0.05) is 24.3 Å². The number of hydrogen-bond acceptors (Lipinski definition) is 5. The van der Waals surface area contributed by atoms with Gasteiger partial charge in [0.25, 0.3) is 17.6 Å². The van der Waals surface area contributed by atoms with Crippen LogP contribution in [0.25, 0.3) is 0 Å². The van der Waals surface area contributed by atoms with Crippen molar-refractivity contribution in [2.24, 2.45) is 5.73 Å². The summed E-state index contributed by atoms with van der Waals surface area (Å²) in [4.78, 5) is 38.9. The van der Waals surface area contributed by atoms with Crippen molar-refractivity contribution in [2.75, 3.05) is 25.9 Å². The van der Waals surface area contributed by atoms with Gasteiger partial charge in [-0.15, -0.1) is 11.8 Å². The van der Waals surface area contributed by atoms with Crippen LogP contribution >= 0.6 is 11.8 Å². The quantitative estimate of drug-likeness (QED) is 0.574. The molecular formula is C24H26F3N3O3S. The van der Waals surface area contributed by atoms with Crippen molar-refractivity contribution in [1.82, 2.24) is 10.2 Å². The average Bonchev–Trinajstić information content (AvgIpc) is 2.85. The molecule has 1 aliphatic rings. The number of nitrogens with zero attached hydrogens (tertiary/aromatic N) is 1. The van der Waals surface area contributed by atoms with Crippen LogP contribution in [0.1, 0.15) is 50.6 Å². The van der Waals surface area contributed by atoms with Gasteiger partial charge >= 0.3 is 6.18 Å². The Kier molecular flexibility index (Phi) is 8.37. The lowest BCUT2D eigenvalue weighted by molar-refractivity contribution is -0.169. The average molecular weight is 494 g/mol. The zero-order valence-electron chi connectivity index (χ0n) is 18.7. The lowest BCUT2D eigenvalue weighted by Gasteiger charge is -2.32. The van der Waals surface area contributed by atoms with Crippen molar-refractivity contribution in [3.8, 4) is 0 Å². The molecule has 2 aromatic rings. The van der Waals surface area contributed by atoms with Crippen molar-refractivity contribution in [2.45, 2.75) is 36.4 Å². The van der Waals surface area contributed by atoms with Crippen LogP contribution in [0.15, 0.2) is 47.4 Å². The van der Waals surface area contributed by atoms with E-state index in [9.17, 15) is 27.6 Å². The van der Waals surface area contributed by atoms with E-state index in [4.69, 9.17) is 5.73 Å². The molecule has 0 aromatic heterocycles. The van der Waals surface area contributed by atoms with E-state index in [0.717, 1.165) is 18.4 Å². The zero-order valence-corrected chi connectivity index (χ0v) is 19.5. The number of alkyl halides is 3. The first-order valence-electron chi connectivity index (χ1n) is 10.8. The summed E-state index contributed by atoms with van der Waals surface area (Å²) < 4.78 is 37.2. The highest BCUT2D eigenvalue weighted by Crippen LogP contribution is 2.30. The van der Waals surface area contributed by atoms with Crippen LogP contribution in [0.3, 0.4) is 0 Å². The Bertz CT molecular complexity index is 1070. The molecule has 0 aliphatic carbocycles. The number of piperidine rings is 1. The first-order valence-corrected chi connectivity index (χ1v) is 12.0. The number of rotatable bonds is 7. The first kappa shape index (κ1) is 25.8. The van der Waals surface area contributed by atoms with Crippen molar-refractivity contribution in [1.29, 1.82) is 0 Å². The summed E-state index contributed by atoms with van der Waals surface area (Å²) in [6, 6.07) is 12.6. The normalized spacial score (nSPS) is 14.7. The topological polar surface area (TPSA) is 92.5 Å². The monoisotopic (exact) mass is 493 g/mol. The van der Waals surface area contributed by atoms with Gasteiger partial charge in [0.2, 0.25) is 0 Å². The summed E-state index contributed by atoms with van der Waals surface area (Å²) >= 11 is 1.30. The molecule has 0 atom stereocenters. The fraction of sp³-hybridized carbons (Fsp3) is 0.375. The molecule has 1 aliphatic heterocycles. The maximum atomic E-state index is 13.1. The van der Waals surface area contributed by atoms with Crippen molar-refractivity contribution in [3.63, 3.8) is 0 Å². The van der Waals surface area contributed by atoms with Gasteiger partial charge in [-0.05, 0) is 54.3 Å². The second-order valence-electron chi connectivity index (χ2n) is 8.07. The molecule has 0 bridgehead atoms. The lowest BCUT2D eigenvalue weighted by atomic mass is 9.88. The van der Waals surface area contributed by atoms with E-state index < -0.39 is 24.4 Å². The van der Waals surface area contributed by atoms with Gasteiger partial charge in [-0.3, -0.25) is 14.4 Å². The molecule has 10 heteroatoms. The van der Waals surface area contributed by atoms with Crippen LogP contribution in [-0.4, -0.2) is 54.6 Å². The van der Waals surface area contributed by atoms with Gasteiger partial charge in [0.05, 0.1) is 6.54 Å². The molecule has 6 nitrogen and oxygen atoms in total. The molecule has 182 valence electrons. The highest BCUT2D eigenvalue weighted by molar-refractivity contribution is 7.98. The second kappa shape index (κ2) is 11.1. The lowest BCUT2D eigenvalue weighted by Crippen LogP contribution is -2.38. The maximum absolute atomic E-state index is 13.1. The van der Waals surface area contributed by atoms with E-state index in [1.54, 1.807) is 17.2 Å². The SMILES string of the molecule is CSc1cc(C(=O)NCC(=O)C(F)(F)F)cc(C(=O)N2CCC(c3cccc(CN)c3)CC2)c1. The van der Waals surface area contributed by atoms with Crippen LogP contribution in [0.2, 0.25) is 0 Å². The Morgan fingerprint density at radius 3 is 2.38 bits per heavy atom. The van der Waals surface area contributed by atoms with E-state index in [0.29, 0.717) is 30.4 Å². The molecular weight excluding hydrogens is 467 g/mol.